The Bertz CT molecular complexity index is 672. The Kier molecular flexibility index (Phi) is 6.45. The number of ether oxygens (including phenoxy) is 2. The smallest absolute Gasteiger partial charge is 0.328 e. The predicted octanol–water partition coefficient (Wildman–Crippen LogP) is 1.80. The SMILES string of the molecule is CCOC(=O)C(C(=O)OCC)C(=O)c1cc(F)c(F)cc1[N+](=O)[O-]. The zero-order valence-corrected chi connectivity index (χ0v) is 12.7. The zero-order valence-electron chi connectivity index (χ0n) is 12.7. The maximum atomic E-state index is 13.4. The molecule has 0 heterocycles. The Morgan fingerprint density at radius 2 is 1.54 bits per heavy atom. The molecule has 0 saturated heterocycles. The average molecular weight is 345 g/mol. The molecule has 0 unspecified atom stereocenters. The fraction of sp³-hybridized carbons (Fsp3) is 0.357. The lowest BCUT2D eigenvalue weighted by Crippen LogP contribution is -2.35. The number of nitro benzene ring substituents is 1. The molecular formula is C14H13F2NO7. The fourth-order valence-corrected chi connectivity index (χ4v) is 1.80. The number of carbonyl (C=O) groups is 3. The molecule has 0 fully saturated rings. The summed E-state index contributed by atoms with van der Waals surface area (Å²) in [5.74, 6) is -9.30. The molecular weight excluding hydrogens is 332 g/mol. The summed E-state index contributed by atoms with van der Waals surface area (Å²) in [5.41, 5.74) is -2.03. The van der Waals surface area contributed by atoms with Gasteiger partial charge >= 0.3 is 11.9 Å². The van der Waals surface area contributed by atoms with Crippen molar-refractivity contribution in [1.29, 1.82) is 0 Å². The maximum absolute atomic E-state index is 13.4. The van der Waals surface area contributed by atoms with Gasteiger partial charge in [-0.05, 0) is 19.9 Å². The number of nitrogens with zero attached hydrogens (tertiary/aromatic N) is 1. The average Bonchev–Trinajstić information content (AvgIpc) is 2.49. The van der Waals surface area contributed by atoms with E-state index in [1.165, 1.54) is 13.8 Å². The van der Waals surface area contributed by atoms with Crippen LogP contribution in [0.2, 0.25) is 0 Å². The van der Waals surface area contributed by atoms with Crippen molar-refractivity contribution in [2.75, 3.05) is 13.2 Å². The standard InChI is InChI=1S/C14H13F2NO7/c1-3-23-13(19)11(14(20)24-4-2)12(18)7-5-8(15)9(16)6-10(7)17(21)22/h5-6,11H,3-4H2,1-2H3. The van der Waals surface area contributed by atoms with Crippen LogP contribution in [-0.2, 0) is 19.1 Å². The van der Waals surface area contributed by atoms with Gasteiger partial charge < -0.3 is 9.47 Å². The first-order valence-corrected chi connectivity index (χ1v) is 6.75. The molecule has 0 spiro atoms. The largest absolute Gasteiger partial charge is 0.465 e. The van der Waals surface area contributed by atoms with Gasteiger partial charge in [-0.3, -0.25) is 24.5 Å². The van der Waals surface area contributed by atoms with Crippen LogP contribution in [0.5, 0.6) is 0 Å². The van der Waals surface area contributed by atoms with E-state index in [2.05, 4.69) is 9.47 Å². The van der Waals surface area contributed by atoms with Gasteiger partial charge in [0.1, 0.15) is 0 Å². The third-order valence-corrected chi connectivity index (χ3v) is 2.81. The van der Waals surface area contributed by atoms with Gasteiger partial charge in [-0.1, -0.05) is 0 Å². The Labute approximate surface area is 134 Å². The fourth-order valence-electron chi connectivity index (χ4n) is 1.80. The van der Waals surface area contributed by atoms with Crippen molar-refractivity contribution in [2.24, 2.45) is 5.92 Å². The molecule has 10 heteroatoms. The topological polar surface area (TPSA) is 113 Å². The highest BCUT2D eigenvalue weighted by Gasteiger charge is 2.40. The zero-order chi connectivity index (χ0) is 18.4. The van der Waals surface area contributed by atoms with Crippen LogP contribution in [0.4, 0.5) is 14.5 Å². The molecule has 0 aromatic heterocycles. The summed E-state index contributed by atoms with van der Waals surface area (Å²) >= 11 is 0. The number of halogens is 2. The molecule has 0 bridgehead atoms. The molecule has 0 saturated carbocycles. The third-order valence-electron chi connectivity index (χ3n) is 2.81. The molecule has 24 heavy (non-hydrogen) atoms. The Morgan fingerprint density at radius 1 is 1.08 bits per heavy atom. The number of rotatable bonds is 7. The van der Waals surface area contributed by atoms with Crippen LogP contribution < -0.4 is 0 Å². The first-order chi connectivity index (χ1) is 11.2. The van der Waals surface area contributed by atoms with E-state index in [9.17, 15) is 33.3 Å². The first kappa shape index (κ1) is 19.1. The minimum absolute atomic E-state index is 0.179. The molecule has 0 aliphatic rings. The van der Waals surface area contributed by atoms with Crippen molar-refractivity contribution in [3.05, 3.63) is 39.4 Å². The van der Waals surface area contributed by atoms with Crippen LogP contribution in [-0.4, -0.2) is 35.9 Å². The van der Waals surface area contributed by atoms with Gasteiger partial charge in [0.05, 0.1) is 29.8 Å². The van der Waals surface area contributed by atoms with Crippen LogP contribution in [0.25, 0.3) is 0 Å². The highest BCUT2D eigenvalue weighted by Crippen LogP contribution is 2.26. The van der Waals surface area contributed by atoms with E-state index in [1.54, 1.807) is 0 Å². The number of ketones is 1. The lowest BCUT2D eigenvalue weighted by molar-refractivity contribution is -0.385. The van der Waals surface area contributed by atoms with Crippen molar-refractivity contribution in [3.63, 3.8) is 0 Å². The number of benzene rings is 1. The summed E-state index contributed by atoms with van der Waals surface area (Å²) in [6.07, 6.45) is 0. The second-order valence-corrected chi connectivity index (χ2v) is 4.34. The number of Topliss-reactive ketones (excluding diaryl/α,β-unsaturated/α-hetero) is 1. The summed E-state index contributed by atoms with van der Waals surface area (Å²) in [4.78, 5) is 45.8. The van der Waals surface area contributed by atoms with Gasteiger partial charge in [-0.25, -0.2) is 8.78 Å². The van der Waals surface area contributed by atoms with Crippen LogP contribution >= 0.6 is 0 Å². The van der Waals surface area contributed by atoms with Crippen LogP contribution in [0.3, 0.4) is 0 Å². The van der Waals surface area contributed by atoms with E-state index in [4.69, 9.17) is 0 Å². The highest BCUT2D eigenvalue weighted by molar-refractivity contribution is 6.22. The van der Waals surface area contributed by atoms with Gasteiger partial charge in [0.15, 0.2) is 17.4 Å². The molecule has 130 valence electrons. The third kappa shape index (κ3) is 4.09. The van der Waals surface area contributed by atoms with Crippen LogP contribution in [0.1, 0.15) is 24.2 Å². The Balaban J connectivity index is 3.42. The first-order valence-electron chi connectivity index (χ1n) is 6.75. The second kappa shape index (κ2) is 8.09. The predicted molar refractivity (Wildman–Crippen MR) is 74.1 cm³/mol. The molecule has 0 aliphatic carbocycles. The van der Waals surface area contributed by atoms with Crippen LogP contribution in [0, 0.1) is 27.7 Å². The molecule has 1 rings (SSSR count). The monoisotopic (exact) mass is 345 g/mol. The van der Waals surface area contributed by atoms with Crippen molar-refractivity contribution >= 4 is 23.4 Å². The van der Waals surface area contributed by atoms with E-state index in [0.717, 1.165) is 0 Å². The number of hydrogen-bond acceptors (Lipinski definition) is 7. The summed E-state index contributed by atoms with van der Waals surface area (Å²) in [5, 5.41) is 10.9. The van der Waals surface area contributed by atoms with Crippen LogP contribution in [0.15, 0.2) is 12.1 Å². The second-order valence-electron chi connectivity index (χ2n) is 4.34. The molecule has 0 radical (unpaired) electrons. The minimum atomic E-state index is -2.17. The number of nitro groups is 1. The van der Waals surface area contributed by atoms with Gasteiger partial charge in [-0.15, -0.1) is 0 Å². The van der Waals surface area contributed by atoms with Crippen molar-refractivity contribution in [1.82, 2.24) is 0 Å². The van der Waals surface area contributed by atoms with Crippen molar-refractivity contribution in [2.45, 2.75) is 13.8 Å². The summed E-state index contributed by atoms with van der Waals surface area (Å²) in [6.45, 7) is 2.46. The molecule has 8 nitrogen and oxygen atoms in total. The molecule has 0 aliphatic heterocycles. The van der Waals surface area contributed by atoms with Gasteiger partial charge in [0.25, 0.3) is 5.69 Å². The van der Waals surface area contributed by atoms with Crippen molar-refractivity contribution in [3.8, 4) is 0 Å². The molecule has 0 N–H and O–H groups in total. The Morgan fingerprint density at radius 3 is 1.96 bits per heavy atom. The van der Waals surface area contributed by atoms with E-state index in [0.29, 0.717) is 0 Å². The van der Waals surface area contributed by atoms with Gasteiger partial charge in [-0.2, -0.15) is 0 Å². The highest BCUT2D eigenvalue weighted by atomic mass is 19.2. The van der Waals surface area contributed by atoms with Gasteiger partial charge in [0, 0.05) is 0 Å². The number of esters is 2. The molecule has 1 aromatic carbocycles. The number of carbonyl (C=O) groups excluding carboxylic acids is 3. The van der Waals surface area contributed by atoms with Crippen molar-refractivity contribution < 1.29 is 37.6 Å². The van der Waals surface area contributed by atoms with E-state index in [1.807, 2.05) is 0 Å². The van der Waals surface area contributed by atoms with E-state index < -0.39 is 51.4 Å². The lowest BCUT2D eigenvalue weighted by Gasteiger charge is -2.13. The lowest BCUT2D eigenvalue weighted by atomic mass is 9.96. The summed E-state index contributed by atoms with van der Waals surface area (Å²) in [6, 6.07) is 0.442. The quantitative estimate of drug-likeness (QED) is 0.243. The molecule has 0 atom stereocenters. The normalized spacial score (nSPS) is 10.4. The van der Waals surface area contributed by atoms with E-state index in [-0.39, 0.29) is 25.3 Å². The molecule has 1 aromatic rings. The van der Waals surface area contributed by atoms with E-state index >= 15 is 0 Å². The number of hydrogen-bond donors (Lipinski definition) is 0. The van der Waals surface area contributed by atoms with Gasteiger partial charge in [0.2, 0.25) is 5.92 Å². The summed E-state index contributed by atoms with van der Waals surface area (Å²) in [7, 11) is 0. The maximum Gasteiger partial charge on any atom is 0.328 e. The minimum Gasteiger partial charge on any atom is -0.465 e. The summed E-state index contributed by atoms with van der Waals surface area (Å²) < 4.78 is 35.7. The molecule has 0 amide bonds. The Hall–Kier alpha value is -2.91.